The van der Waals surface area contributed by atoms with Gasteiger partial charge in [0.15, 0.2) is 0 Å². The number of nitro groups is 1. The Labute approximate surface area is 120 Å². The first-order chi connectivity index (χ1) is 10.0. The molecular formula is C14H15FN2O4. The van der Waals surface area contributed by atoms with Crippen molar-refractivity contribution < 1.29 is 18.8 Å². The summed E-state index contributed by atoms with van der Waals surface area (Å²) in [7, 11) is 1.13. The number of esters is 1. The van der Waals surface area contributed by atoms with Crippen LogP contribution >= 0.6 is 0 Å². The number of nitro benzene ring substituents is 1. The standard InChI is InChI=1S/C14H15FN2O4/c1-21-14(18)10-7-12(13(17(19)20)8-11(10)15)16-9-5-3-2-4-6-9/h2-3,7-9,16H,4-6H2,1H3. The SMILES string of the molecule is COC(=O)c1cc(NC2CC=CCC2)c([N+](=O)[O-])cc1F. The molecule has 1 aromatic carbocycles. The molecule has 0 spiro atoms. The first-order valence-electron chi connectivity index (χ1n) is 6.50. The van der Waals surface area contributed by atoms with E-state index in [0.717, 1.165) is 38.5 Å². The zero-order valence-electron chi connectivity index (χ0n) is 11.5. The van der Waals surface area contributed by atoms with E-state index in [2.05, 4.69) is 10.1 Å². The fourth-order valence-electron chi connectivity index (χ4n) is 2.24. The average Bonchev–Trinajstić information content (AvgIpc) is 2.48. The summed E-state index contributed by atoms with van der Waals surface area (Å²) in [4.78, 5) is 21.8. The molecule has 0 saturated heterocycles. The summed E-state index contributed by atoms with van der Waals surface area (Å²) >= 11 is 0. The van der Waals surface area contributed by atoms with Crippen LogP contribution < -0.4 is 5.32 Å². The van der Waals surface area contributed by atoms with Crippen LogP contribution in [0.1, 0.15) is 29.6 Å². The van der Waals surface area contributed by atoms with Crippen LogP contribution in [0.3, 0.4) is 0 Å². The third-order valence-corrected chi connectivity index (χ3v) is 3.32. The van der Waals surface area contributed by atoms with Gasteiger partial charge in [-0.15, -0.1) is 0 Å². The summed E-state index contributed by atoms with van der Waals surface area (Å²) in [5, 5.41) is 14.0. The number of halogens is 1. The van der Waals surface area contributed by atoms with E-state index in [1.807, 2.05) is 12.2 Å². The van der Waals surface area contributed by atoms with Crippen molar-refractivity contribution in [3.63, 3.8) is 0 Å². The quantitative estimate of drug-likeness (QED) is 0.399. The molecule has 1 aliphatic rings. The minimum atomic E-state index is -0.970. The monoisotopic (exact) mass is 294 g/mol. The van der Waals surface area contributed by atoms with Gasteiger partial charge in [0.1, 0.15) is 11.5 Å². The second-order valence-electron chi connectivity index (χ2n) is 4.72. The number of hydrogen-bond donors (Lipinski definition) is 1. The summed E-state index contributed by atoms with van der Waals surface area (Å²) < 4.78 is 18.2. The minimum absolute atomic E-state index is 0.0182. The molecule has 0 fully saturated rings. The molecule has 6 nitrogen and oxygen atoms in total. The van der Waals surface area contributed by atoms with E-state index >= 15 is 0 Å². The third-order valence-electron chi connectivity index (χ3n) is 3.32. The number of nitrogens with one attached hydrogen (secondary N) is 1. The number of anilines is 1. The van der Waals surface area contributed by atoms with Crippen LogP contribution in [0.15, 0.2) is 24.3 Å². The maximum absolute atomic E-state index is 13.8. The molecule has 0 bridgehead atoms. The number of methoxy groups -OCH3 is 1. The van der Waals surface area contributed by atoms with Crippen molar-refractivity contribution >= 4 is 17.3 Å². The van der Waals surface area contributed by atoms with Crippen LogP contribution in [0.4, 0.5) is 15.8 Å². The van der Waals surface area contributed by atoms with E-state index in [1.54, 1.807) is 0 Å². The minimum Gasteiger partial charge on any atom is -0.465 e. The fraction of sp³-hybridized carbons (Fsp3) is 0.357. The Kier molecular flexibility index (Phi) is 4.52. The van der Waals surface area contributed by atoms with Gasteiger partial charge in [0.05, 0.1) is 23.7 Å². The van der Waals surface area contributed by atoms with Gasteiger partial charge in [-0.2, -0.15) is 0 Å². The van der Waals surface area contributed by atoms with Crippen LogP contribution in [0.5, 0.6) is 0 Å². The molecule has 1 aromatic rings. The molecule has 0 aromatic heterocycles. The van der Waals surface area contributed by atoms with E-state index in [9.17, 15) is 19.3 Å². The molecule has 1 atom stereocenters. The van der Waals surface area contributed by atoms with Crippen molar-refractivity contribution in [3.05, 3.63) is 45.8 Å². The van der Waals surface area contributed by atoms with Gasteiger partial charge in [0.25, 0.3) is 5.69 Å². The highest BCUT2D eigenvalue weighted by molar-refractivity contribution is 5.92. The summed E-state index contributed by atoms with van der Waals surface area (Å²) in [5.41, 5.74) is -0.589. The maximum atomic E-state index is 13.8. The number of ether oxygens (including phenoxy) is 1. The molecular weight excluding hydrogens is 279 g/mol. The van der Waals surface area contributed by atoms with E-state index in [-0.39, 0.29) is 17.3 Å². The molecule has 0 heterocycles. The number of carbonyl (C=O) groups excluding carboxylic acids is 1. The van der Waals surface area contributed by atoms with E-state index in [0.29, 0.717) is 0 Å². The Morgan fingerprint density at radius 3 is 2.81 bits per heavy atom. The summed E-state index contributed by atoms with van der Waals surface area (Å²) in [6.07, 6.45) is 6.44. The Morgan fingerprint density at radius 1 is 1.48 bits per heavy atom. The molecule has 0 saturated carbocycles. The van der Waals surface area contributed by atoms with E-state index in [1.165, 1.54) is 0 Å². The molecule has 7 heteroatoms. The number of rotatable bonds is 4. The van der Waals surface area contributed by atoms with Crippen molar-refractivity contribution in [3.8, 4) is 0 Å². The van der Waals surface area contributed by atoms with Gasteiger partial charge < -0.3 is 10.1 Å². The number of hydrogen-bond acceptors (Lipinski definition) is 5. The van der Waals surface area contributed by atoms with Gasteiger partial charge in [-0.1, -0.05) is 12.2 Å². The molecule has 0 amide bonds. The molecule has 0 aliphatic heterocycles. The molecule has 0 radical (unpaired) electrons. The number of allylic oxidation sites excluding steroid dienone is 1. The summed E-state index contributed by atoms with van der Waals surface area (Å²) in [6.45, 7) is 0. The first kappa shape index (κ1) is 15.0. The Hall–Kier alpha value is -2.44. The second-order valence-corrected chi connectivity index (χ2v) is 4.72. The maximum Gasteiger partial charge on any atom is 0.340 e. The summed E-state index contributed by atoms with van der Waals surface area (Å²) in [6, 6.07) is 1.90. The highest BCUT2D eigenvalue weighted by Gasteiger charge is 2.24. The highest BCUT2D eigenvalue weighted by Crippen LogP contribution is 2.30. The van der Waals surface area contributed by atoms with Crippen LogP contribution in [-0.4, -0.2) is 24.0 Å². The molecule has 21 heavy (non-hydrogen) atoms. The lowest BCUT2D eigenvalue weighted by molar-refractivity contribution is -0.384. The molecule has 2 rings (SSSR count). The zero-order chi connectivity index (χ0) is 15.4. The van der Waals surface area contributed by atoms with Crippen molar-refractivity contribution in [1.29, 1.82) is 0 Å². The predicted octanol–water partition coefficient (Wildman–Crippen LogP) is 3.04. The Morgan fingerprint density at radius 2 is 2.24 bits per heavy atom. The van der Waals surface area contributed by atoms with Gasteiger partial charge in [-0.3, -0.25) is 10.1 Å². The number of nitrogens with zero attached hydrogens (tertiary/aromatic N) is 1. The first-order valence-corrected chi connectivity index (χ1v) is 6.50. The van der Waals surface area contributed by atoms with Gasteiger partial charge >= 0.3 is 5.97 Å². The van der Waals surface area contributed by atoms with Crippen LogP contribution in [0.25, 0.3) is 0 Å². The fourth-order valence-corrected chi connectivity index (χ4v) is 2.24. The van der Waals surface area contributed by atoms with E-state index < -0.39 is 22.4 Å². The molecule has 112 valence electrons. The van der Waals surface area contributed by atoms with Gasteiger partial charge in [-0.05, 0) is 25.3 Å². The molecule has 1 aliphatic carbocycles. The smallest absolute Gasteiger partial charge is 0.340 e. The van der Waals surface area contributed by atoms with Crippen molar-refractivity contribution in [1.82, 2.24) is 0 Å². The topological polar surface area (TPSA) is 81.5 Å². The normalized spacial score (nSPS) is 17.3. The lowest BCUT2D eigenvalue weighted by atomic mass is 10.0. The van der Waals surface area contributed by atoms with Crippen molar-refractivity contribution in [2.24, 2.45) is 0 Å². The van der Waals surface area contributed by atoms with Crippen molar-refractivity contribution in [2.75, 3.05) is 12.4 Å². The van der Waals surface area contributed by atoms with Crippen LogP contribution in [-0.2, 0) is 4.74 Å². The Bertz CT molecular complexity index is 601. The largest absolute Gasteiger partial charge is 0.465 e. The highest BCUT2D eigenvalue weighted by atomic mass is 19.1. The zero-order valence-corrected chi connectivity index (χ0v) is 11.5. The predicted molar refractivity (Wildman–Crippen MR) is 74.8 cm³/mol. The number of carbonyl (C=O) groups is 1. The lowest BCUT2D eigenvalue weighted by Gasteiger charge is -2.20. The van der Waals surface area contributed by atoms with E-state index in [4.69, 9.17) is 0 Å². The second kappa shape index (κ2) is 6.34. The van der Waals surface area contributed by atoms with Gasteiger partial charge in [-0.25, -0.2) is 9.18 Å². The van der Waals surface area contributed by atoms with Crippen LogP contribution in [0, 0.1) is 15.9 Å². The molecule has 1 unspecified atom stereocenters. The van der Waals surface area contributed by atoms with Gasteiger partial charge in [0.2, 0.25) is 0 Å². The third kappa shape index (κ3) is 3.36. The van der Waals surface area contributed by atoms with Crippen LogP contribution in [0.2, 0.25) is 0 Å². The van der Waals surface area contributed by atoms with Gasteiger partial charge in [0, 0.05) is 6.04 Å². The number of benzene rings is 1. The Balaban J connectivity index is 2.37. The summed E-state index contributed by atoms with van der Waals surface area (Å²) in [5.74, 6) is -1.84. The molecule has 1 N–H and O–H groups in total. The van der Waals surface area contributed by atoms with Crippen molar-refractivity contribution in [2.45, 2.75) is 25.3 Å². The lowest BCUT2D eigenvalue weighted by Crippen LogP contribution is -2.21. The average molecular weight is 294 g/mol.